The van der Waals surface area contributed by atoms with Crippen molar-refractivity contribution in [3.63, 3.8) is 0 Å². The number of sulfonamides is 1. The van der Waals surface area contributed by atoms with Gasteiger partial charge in [0.25, 0.3) is 0 Å². The largest absolute Gasteiger partial charge is 0.497 e. The topological polar surface area (TPSA) is 120 Å². The minimum absolute atomic E-state index is 0.0423. The summed E-state index contributed by atoms with van der Waals surface area (Å²) in [6.07, 6.45) is 0. The molecule has 0 saturated carbocycles. The van der Waals surface area contributed by atoms with Gasteiger partial charge in [0.05, 0.1) is 17.5 Å². The normalized spacial score (nSPS) is 11.4. The maximum Gasteiger partial charge on any atom is 0.420 e. The van der Waals surface area contributed by atoms with Crippen molar-refractivity contribution < 1.29 is 22.4 Å². The van der Waals surface area contributed by atoms with Crippen LogP contribution in [-0.4, -0.2) is 26.0 Å². The Hall–Kier alpha value is -3.89. The first-order valence-corrected chi connectivity index (χ1v) is 11.9. The molecule has 0 spiro atoms. The van der Waals surface area contributed by atoms with Crippen molar-refractivity contribution in [2.75, 3.05) is 7.11 Å². The summed E-state index contributed by atoms with van der Waals surface area (Å²) in [5, 5.41) is 2.75. The highest BCUT2D eigenvalue weighted by Crippen LogP contribution is 2.19. The van der Waals surface area contributed by atoms with E-state index in [9.17, 15) is 18.0 Å². The zero-order valence-electron chi connectivity index (χ0n) is 18.4. The molecule has 176 valence electrons. The molecule has 4 aromatic rings. The molecule has 0 atom stereocenters. The molecule has 0 fully saturated rings. The van der Waals surface area contributed by atoms with E-state index in [-0.39, 0.29) is 30.1 Å². The van der Waals surface area contributed by atoms with E-state index in [4.69, 9.17) is 9.15 Å². The van der Waals surface area contributed by atoms with Crippen LogP contribution in [0.3, 0.4) is 0 Å². The first kappa shape index (κ1) is 23.3. The Morgan fingerprint density at radius 1 is 0.971 bits per heavy atom. The quantitative estimate of drug-likeness (QED) is 0.379. The number of benzene rings is 3. The summed E-state index contributed by atoms with van der Waals surface area (Å²) < 4.78 is 39.4. The summed E-state index contributed by atoms with van der Waals surface area (Å²) in [5.74, 6) is -0.472. The third-order valence-electron chi connectivity index (χ3n) is 5.18. The van der Waals surface area contributed by atoms with E-state index in [0.717, 1.165) is 15.7 Å². The molecule has 0 aliphatic carbocycles. The number of hydrogen-bond donors (Lipinski definition) is 2. The lowest BCUT2D eigenvalue weighted by atomic mass is 10.2. The predicted octanol–water partition coefficient (Wildman–Crippen LogP) is 2.40. The van der Waals surface area contributed by atoms with Gasteiger partial charge in [0.2, 0.25) is 15.9 Å². The van der Waals surface area contributed by atoms with Crippen molar-refractivity contribution >= 4 is 27.0 Å². The van der Waals surface area contributed by atoms with Gasteiger partial charge in [0, 0.05) is 19.2 Å². The lowest BCUT2D eigenvalue weighted by Crippen LogP contribution is -2.30. The Balaban J connectivity index is 1.46. The molecule has 9 nitrogen and oxygen atoms in total. The molecule has 3 aromatic carbocycles. The number of oxazole rings is 1. The van der Waals surface area contributed by atoms with Gasteiger partial charge >= 0.3 is 5.76 Å². The van der Waals surface area contributed by atoms with Crippen LogP contribution in [0.2, 0.25) is 0 Å². The number of nitrogens with zero attached hydrogens (tertiary/aromatic N) is 1. The number of carbonyl (C=O) groups is 1. The molecule has 1 heterocycles. The smallest absolute Gasteiger partial charge is 0.420 e. The van der Waals surface area contributed by atoms with Crippen LogP contribution in [0.4, 0.5) is 0 Å². The molecule has 0 bridgehead atoms. The van der Waals surface area contributed by atoms with Gasteiger partial charge in [-0.05, 0) is 35.4 Å². The molecular weight excluding hydrogens is 458 g/mol. The van der Waals surface area contributed by atoms with Gasteiger partial charge in [-0.1, -0.05) is 42.5 Å². The Morgan fingerprint density at radius 2 is 1.74 bits per heavy atom. The van der Waals surface area contributed by atoms with Crippen molar-refractivity contribution in [1.29, 1.82) is 0 Å². The highest BCUT2D eigenvalue weighted by Gasteiger charge is 2.18. The highest BCUT2D eigenvalue weighted by atomic mass is 32.2. The Labute approximate surface area is 196 Å². The fourth-order valence-electron chi connectivity index (χ4n) is 3.40. The molecule has 4 rings (SSSR count). The molecule has 10 heteroatoms. The van der Waals surface area contributed by atoms with Gasteiger partial charge in [-0.25, -0.2) is 17.9 Å². The number of fused-ring (bicyclic) bond motifs is 1. The van der Waals surface area contributed by atoms with Gasteiger partial charge in [-0.2, -0.15) is 0 Å². The molecule has 0 saturated heterocycles. The molecule has 1 amide bonds. The second kappa shape index (κ2) is 9.94. The average molecular weight is 482 g/mol. The van der Waals surface area contributed by atoms with Crippen LogP contribution in [0.25, 0.3) is 11.1 Å². The maximum absolute atomic E-state index is 12.7. The molecule has 1 aromatic heterocycles. The SMILES string of the molecule is COc1cccc(CNC(=O)Cn2c(=O)oc3cc(S(=O)(=O)NCc4ccccc4)ccc32)c1. The first-order valence-electron chi connectivity index (χ1n) is 10.4. The van der Waals surface area contributed by atoms with Crippen LogP contribution in [0.15, 0.2) is 86.9 Å². The van der Waals surface area contributed by atoms with E-state index in [2.05, 4.69) is 10.0 Å². The van der Waals surface area contributed by atoms with Gasteiger partial charge in [0.1, 0.15) is 12.3 Å². The van der Waals surface area contributed by atoms with E-state index in [1.54, 1.807) is 19.2 Å². The van der Waals surface area contributed by atoms with E-state index in [0.29, 0.717) is 11.3 Å². The van der Waals surface area contributed by atoms with E-state index in [1.807, 2.05) is 42.5 Å². The number of nitrogens with one attached hydrogen (secondary N) is 2. The van der Waals surface area contributed by atoms with Gasteiger partial charge in [-0.15, -0.1) is 0 Å². The van der Waals surface area contributed by atoms with Crippen LogP contribution in [0.1, 0.15) is 11.1 Å². The number of methoxy groups -OCH3 is 1. The Kier molecular flexibility index (Phi) is 6.80. The van der Waals surface area contributed by atoms with Crippen LogP contribution in [0.5, 0.6) is 5.75 Å². The van der Waals surface area contributed by atoms with Crippen molar-refractivity contribution in [3.05, 3.63) is 94.5 Å². The Morgan fingerprint density at radius 3 is 2.50 bits per heavy atom. The number of ether oxygens (including phenoxy) is 1. The third kappa shape index (κ3) is 5.36. The molecule has 34 heavy (non-hydrogen) atoms. The fourth-order valence-corrected chi connectivity index (χ4v) is 4.44. The van der Waals surface area contributed by atoms with Gasteiger partial charge in [0.15, 0.2) is 5.58 Å². The number of amides is 1. The summed E-state index contributed by atoms with van der Waals surface area (Å²) in [6.45, 7) is 0.115. The van der Waals surface area contributed by atoms with Crippen LogP contribution in [0, 0.1) is 0 Å². The van der Waals surface area contributed by atoms with Crippen LogP contribution >= 0.6 is 0 Å². The monoisotopic (exact) mass is 481 g/mol. The minimum Gasteiger partial charge on any atom is -0.497 e. The van der Waals surface area contributed by atoms with Crippen molar-refractivity contribution in [1.82, 2.24) is 14.6 Å². The zero-order chi connectivity index (χ0) is 24.1. The van der Waals surface area contributed by atoms with E-state index in [1.165, 1.54) is 18.2 Å². The van der Waals surface area contributed by atoms with Crippen LogP contribution < -0.4 is 20.5 Å². The predicted molar refractivity (Wildman–Crippen MR) is 126 cm³/mol. The fraction of sp³-hybridized carbons (Fsp3) is 0.167. The average Bonchev–Trinajstić information content (AvgIpc) is 3.16. The number of rotatable bonds is 9. The maximum atomic E-state index is 12.7. The second-order valence-corrected chi connectivity index (χ2v) is 9.29. The van der Waals surface area contributed by atoms with E-state index >= 15 is 0 Å². The van der Waals surface area contributed by atoms with Crippen LogP contribution in [-0.2, 0) is 34.5 Å². The minimum atomic E-state index is -3.83. The summed E-state index contributed by atoms with van der Waals surface area (Å²) in [7, 11) is -2.27. The summed E-state index contributed by atoms with van der Waals surface area (Å²) >= 11 is 0. The third-order valence-corrected chi connectivity index (χ3v) is 6.58. The summed E-state index contributed by atoms with van der Waals surface area (Å²) in [6, 6.07) is 20.5. The molecule has 2 N–H and O–H groups in total. The van der Waals surface area contributed by atoms with Crippen molar-refractivity contribution in [3.8, 4) is 5.75 Å². The molecule has 0 aliphatic heterocycles. The number of carbonyl (C=O) groups excluding carboxylic acids is 1. The number of aromatic nitrogens is 1. The molecule has 0 radical (unpaired) electrons. The molecular formula is C24H23N3O6S. The zero-order valence-corrected chi connectivity index (χ0v) is 19.2. The molecule has 0 unspecified atom stereocenters. The van der Waals surface area contributed by atoms with Gasteiger partial charge in [-0.3, -0.25) is 9.36 Å². The highest BCUT2D eigenvalue weighted by molar-refractivity contribution is 7.89. The van der Waals surface area contributed by atoms with Gasteiger partial charge < -0.3 is 14.5 Å². The summed E-state index contributed by atoms with van der Waals surface area (Å²) in [4.78, 5) is 24.7. The van der Waals surface area contributed by atoms with Crippen molar-refractivity contribution in [2.24, 2.45) is 0 Å². The lowest BCUT2D eigenvalue weighted by Gasteiger charge is -2.08. The standard InChI is InChI=1S/C24H23N3O6S/c1-32-19-9-5-8-18(12-19)14-25-23(28)16-27-21-11-10-20(13-22(21)33-24(27)29)34(30,31)26-15-17-6-3-2-4-7-17/h2-13,26H,14-16H2,1H3,(H,25,28). The Bertz CT molecular complexity index is 1480. The lowest BCUT2D eigenvalue weighted by molar-refractivity contribution is -0.121. The molecule has 0 aliphatic rings. The first-order chi connectivity index (χ1) is 16.4. The second-order valence-electron chi connectivity index (χ2n) is 7.52. The van der Waals surface area contributed by atoms with E-state index < -0.39 is 21.7 Å². The number of hydrogen-bond acceptors (Lipinski definition) is 6. The van der Waals surface area contributed by atoms with Crippen molar-refractivity contribution in [2.45, 2.75) is 24.5 Å². The summed E-state index contributed by atoms with van der Waals surface area (Å²) in [5.41, 5.74) is 2.05.